The summed E-state index contributed by atoms with van der Waals surface area (Å²) in [4.78, 5) is 16.3. The highest BCUT2D eigenvalue weighted by molar-refractivity contribution is 8.15. The molecule has 0 saturated heterocycles. The Hall–Kier alpha value is -1.63. The molecule has 2 N–H and O–H groups in total. The first-order valence-corrected chi connectivity index (χ1v) is 9.82. The van der Waals surface area contributed by atoms with Crippen LogP contribution >= 0.6 is 11.8 Å². The largest absolute Gasteiger partial charge is 0.465 e. The summed E-state index contributed by atoms with van der Waals surface area (Å²) >= 11 is 1.58. The molecule has 1 aliphatic rings. The molecule has 0 aliphatic carbocycles. The third-order valence-electron chi connectivity index (χ3n) is 5.58. The highest BCUT2D eigenvalue weighted by atomic mass is 32.2. The number of thioether (sulfide) groups is 1. The lowest BCUT2D eigenvalue weighted by Crippen LogP contribution is -2.46. The number of aliphatic imine (C=N–C) groups is 1. The summed E-state index contributed by atoms with van der Waals surface area (Å²) in [6.07, 6.45) is 2.21. The quantitative estimate of drug-likeness (QED) is 0.649. The molecule has 0 saturated carbocycles. The topological polar surface area (TPSA) is 61.7 Å². The lowest BCUT2D eigenvalue weighted by Gasteiger charge is -2.41. The molecule has 26 heavy (non-hydrogen) atoms. The highest BCUT2D eigenvalue weighted by Gasteiger charge is 2.53. The predicted octanol–water partition coefficient (Wildman–Crippen LogP) is 5.54. The Morgan fingerprint density at radius 1 is 1.15 bits per heavy atom. The maximum Gasteiger partial charge on any atom is 0.405 e. The van der Waals surface area contributed by atoms with Gasteiger partial charge in [-0.05, 0) is 43.4 Å². The van der Waals surface area contributed by atoms with Crippen molar-refractivity contribution in [3.05, 3.63) is 35.4 Å². The van der Waals surface area contributed by atoms with Gasteiger partial charge in [0.15, 0.2) is 11.6 Å². The zero-order valence-electron chi connectivity index (χ0n) is 15.6. The molecule has 1 atom stereocenters. The second-order valence-corrected chi connectivity index (χ2v) is 7.95. The van der Waals surface area contributed by atoms with Gasteiger partial charge in [-0.3, -0.25) is 4.99 Å². The standard InChI is InChI=1S/C19H26F2N2O2S/c1-5-18(6-2)19(7-3,8-4)26-16(23-18)15(22-17(24)25)12-9-10-13(20)14(21)11-12/h9-11,15,22H,5-8H2,1-4H3,(H,24,25). The van der Waals surface area contributed by atoms with Crippen LogP contribution in [-0.2, 0) is 0 Å². The fourth-order valence-corrected chi connectivity index (χ4v) is 5.71. The molecule has 4 nitrogen and oxygen atoms in total. The lowest BCUT2D eigenvalue weighted by molar-refractivity contribution is 0.193. The van der Waals surface area contributed by atoms with Crippen LogP contribution in [0.15, 0.2) is 23.2 Å². The van der Waals surface area contributed by atoms with E-state index in [1.54, 1.807) is 11.8 Å². The van der Waals surface area contributed by atoms with Gasteiger partial charge in [0, 0.05) is 4.75 Å². The first-order valence-electron chi connectivity index (χ1n) is 9.01. The Labute approximate surface area is 157 Å². The highest BCUT2D eigenvalue weighted by Crippen LogP contribution is 2.55. The molecule has 0 fully saturated rings. The van der Waals surface area contributed by atoms with Crippen LogP contribution < -0.4 is 5.32 Å². The van der Waals surface area contributed by atoms with E-state index in [9.17, 15) is 18.7 Å². The molecular weight excluding hydrogens is 358 g/mol. The number of amides is 1. The van der Waals surface area contributed by atoms with Crippen molar-refractivity contribution in [1.29, 1.82) is 0 Å². The molecule has 1 aromatic carbocycles. The molecule has 1 unspecified atom stereocenters. The number of rotatable bonds is 7. The molecule has 0 spiro atoms. The van der Waals surface area contributed by atoms with Crippen LogP contribution in [0.1, 0.15) is 65.0 Å². The molecule has 0 bridgehead atoms. The monoisotopic (exact) mass is 384 g/mol. The van der Waals surface area contributed by atoms with Gasteiger partial charge < -0.3 is 10.4 Å². The Bertz CT molecular complexity index is 701. The third-order valence-corrected chi connectivity index (χ3v) is 7.46. The molecule has 1 heterocycles. The third kappa shape index (κ3) is 3.46. The number of hydrogen-bond acceptors (Lipinski definition) is 3. The van der Waals surface area contributed by atoms with Crippen molar-refractivity contribution in [3.63, 3.8) is 0 Å². The summed E-state index contributed by atoms with van der Waals surface area (Å²) in [5.41, 5.74) is 0.0507. The van der Waals surface area contributed by atoms with Gasteiger partial charge >= 0.3 is 6.09 Å². The first-order chi connectivity index (χ1) is 12.3. The van der Waals surface area contributed by atoms with E-state index < -0.39 is 23.8 Å². The van der Waals surface area contributed by atoms with Gasteiger partial charge in [-0.1, -0.05) is 45.5 Å². The van der Waals surface area contributed by atoms with Crippen molar-refractivity contribution in [2.45, 2.75) is 69.7 Å². The summed E-state index contributed by atoms with van der Waals surface area (Å²) in [5.74, 6) is -1.96. The minimum atomic E-state index is -1.23. The molecule has 2 rings (SSSR count). The molecule has 1 amide bonds. The average molecular weight is 384 g/mol. The van der Waals surface area contributed by atoms with Crippen LogP contribution in [0.2, 0.25) is 0 Å². The zero-order chi connectivity index (χ0) is 19.5. The van der Waals surface area contributed by atoms with E-state index in [1.165, 1.54) is 6.07 Å². The fraction of sp³-hybridized carbons (Fsp3) is 0.579. The van der Waals surface area contributed by atoms with Gasteiger partial charge in [0.2, 0.25) is 0 Å². The van der Waals surface area contributed by atoms with Crippen molar-refractivity contribution in [2.24, 2.45) is 4.99 Å². The van der Waals surface area contributed by atoms with Crippen LogP contribution in [0.5, 0.6) is 0 Å². The molecule has 144 valence electrons. The number of halogens is 2. The fourth-order valence-electron chi connectivity index (χ4n) is 3.96. The van der Waals surface area contributed by atoms with Gasteiger partial charge in [0.05, 0.1) is 10.6 Å². The number of carbonyl (C=O) groups is 1. The van der Waals surface area contributed by atoms with Crippen LogP contribution in [0, 0.1) is 11.6 Å². The average Bonchev–Trinajstić information content (AvgIpc) is 2.97. The zero-order valence-corrected chi connectivity index (χ0v) is 16.4. The Morgan fingerprint density at radius 2 is 1.77 bits per heavy atom. The van der Waals surface area contributed by atoms with Gasteiger partial charge in [-0.15, -0.1) is 0 Å². The molecule has 1 aliphatic heterocycles. The Morgan fingerprint density at radius 3 is 2.19 bits per heavy atom. The molecular formula is C19H26F2N2O2S. The van der Waals surface area contributed by atoms with Crippen molar-refractivity contribution in [1.82, 2.24) is 5.32 Å². The van der Waals surface area contributed by atoms with Gasteiger partial charge in [0.25, 0.3) is 0 Å². The van der Waals surface area contributed by atoms with Gasteiger partial charge in [-0.25, -0.2) is 13.6 Å². The number of hydrogen-bond donors (Lipinski definition) is 2. The summed E-state index contributed by atoms with van der Waals surface area (Å²) in [6, 6.07) is 2.64. The van der Waals surface area contributed by atoms with E-state index in [0.717, 1.165) is 37.8 Å². The van der Waals surface area contributed by atoms with E-state index in [2.05, 4.69) is 33.0 Å². The van der Waals surface area contributed by atoms with E-state index >= 15 is 0 Å². The maximum absolute atomic E-state index is 13.7. The smallest absolute Gasteiger partial charge is 0.405 e. The minimum absolute atomic E-state index is 0.136. The van der Waals surface area contributed by atoms with E-state index in [-0.39, 0.29) is 10.3 Å². The van der Waals surface area contributed by atoms with Crippen molar-refractivity contribution in [3.8, 4) is 0 Å². The summed E-state index contributed by atoms with van der Waals surface area (Å²) in [7, 11) is 0. The summed E-state index contributed by atoms with van der Waals surface area (Å²) in [5, 5.41) is 12.3. The van der Waals surface area contributed by atoms with Crippen LogP contribution in [0.3, 0.4) is 0 Å². The van der Waals surface area contributed by atoms with Crippen LogP contribution in [0.25, 0.3) is 0 Å². The number of carboxylic acid groups (broad SMARTS) is 1. The van der Waals surface area contributed by atoms with Crippen molar-refractivity contribution >= 4 is 22.9 Å². The normalized spacial score (nSPS) is 19.1. The van der Waals surface area contributed by atoms with E-state index in [1.807, 2.05) is 0 Å². The molecule has 1 aromatic rings. The molecule has 0 aromatic heterocycles. The molecule has 0 radical (unpaired) electrons. The Balaban J connectivity index is 2.54. The van der Waals surface area contributed by atoms with E-state index in [4.69, 9.17) is 4.99 Å². The SMILES string of the molecule is CCC1(CC)N=C(C(NC(=O)O)c2ccc(F)c(F)c2)SC1(CC)CC. The van der Waals surface area contributed by atoms with Crippen molar-refractivity contribution < 1.29 is 18.7 Å². The second kappa shape index (κ2) is 7.94. The minimum Gasteiger partial charge on any atom is -0.465 e. The van der Waals surface area contributed by atoms with Crippen molar-refractivity contribution in [2.75, 3.05) is 0 Å². The predicted molar refractivity (Wildman–Crippen MR) is 102 cm³/mol. The summed E-state index contributed by atoms with van der Waals surface area (Å²) in [6.45, 7) is 8.42. The Kier molecular flexibility index (Phi) is 6.32. The van der Waals surface area contributed by atoms with E-state index in [0.29, 0.717) is 10.6 Å². The first kappa shape index (κ1) is 20.7. The number of benzene rings is 1. The number of nitrogens with one attached hydrogen (secondary N) is 1. The number of nitrogens with zero attached hydrogens (tertiary/aromatic N) is 1. The van der Waals surface area contributed by atoms with Gasteiger partial charge in [0.1, 0.15) is 6.04 Å². The van der Waals surface area contributed by atoms with Crippen LogP contribution in [0.4, 0.5) is 13.6 Å². The molecule has 7 heteroatoms. The summed E-state index contributed by atoms with van der Waals surface area (Å²) < 4.78 is 26.9. The maximum atomic E-state index is 13.7. The second-order valence-electron chi connectivity index (χ2n) is 6.55. The van der Waals surface area contributed by atoms with Crippen LogP contribution in [-0.4, -0.2) is 26.5 Å². The lowest BCUT2D eigenvalue weighted by atomic mass is 9.76. The van der Waals surface area contributed by atoms with Gasteiger partial charge in [-0.2, -0.15) is 0 Å².